The van der Waals surface area contributed by atoms with E-state index in [-0.39, 0.29) is 11.3 Å². The van der Waals surface area contributed by atoms with E-state index < -0.39 is 0 Å². The molecule has 1 aliphatic heterocycles. The maximum atomic E-state index is 12.4. The number of benzene rings is 1. The van der Waals surface area contributed by atoms with Crippen molar-refractivity contribution >= 4 is 23.2 Å². The summed E-state index contributed by atoms with van der Waals surface area (Å²) in [5, 5.41) is -0.229. The SMILES string of the molecule is CC(Cl)c1ccc(C(=O)N2CCc3ccccc32)o1. The van der Waals surface area contributed by atoms with Gasteiger partial charge in [-0.15, -0.1) is 11.6 Å². The zero-order valence-corrected chi connectivity index (χ0v) is 11.4. The first-order chi connectivity index (χ1) is 9.16. The Balaban J connectivity index is 1.89. The molecule has 0 N–H and O–H groups in total. The van der Waals surface area contributed by atoms with Gasteiger partial charge in [0.2, 0.25) is 0 Å². The summed E-state index contributed by atoms with van der Waals surface area (Å²) in [6, 6.07) is 11.4. The van der Waals surface area contributed by atoms with Gasteiger partial charge >= 0.3 is 0 Å². The lowest BCUT2D eigenvalue weighted by atomic mass is 10.2. The molecular formula is C15H14ClNO2. The van der Waals surface area contributed by atoms with E-state index in [0.29, 0.717) is 18.1 Å². The third-order valence-electron chi connectivity index (χ3n) is 3.36. The van der Waals surface area contributed by atoms with Crippen LogP contribution < -0.4 is 4.90 Å². The minimum Gasteiger partial charge on any atom is -0.454 e. The quantitative estimate of drug-likeness (QED) is 0.782. The topological polar surface area (TPSA) is 33.5 Å². The minimum atomic E-state index is -0.229. The van der Waals surface area contributed by atoms with Crippen LogP contribution >= 0.6 is 11.6 Å². The van der Waals surface area contributed by atoms with Crippen molar-refractivity contribution in [2.24, 2.45) is 0 Å². The molecule has 2 aromatic rings. The fourth-order valence-electron chi connectivity index (χ4n) is 2.36. The van der Waals surface area contributed by atoms with Crippen LogP contribution in [0.2, 0.25) is 0 Å². The molecule has 1 atom stereocenters. The van der Waals surface area contributed by atoms with Gasteiger partial charge in [0.25, 0.3) is 5.91 Å². The normalized spacial score (nSPS) is 15.4. The van der Waals surface area contributed by atoms with Crippen LogP contribution in [0.15, 0.2) is 40.8 Å². The summed E-state index contributed by atoms with van der Waals surface area (Å²) < 4.78 is 5.51. The van der Waals surface area contributed by atoms with Gasteiger partial charge < -0.3 is 9.32 Å². The van der Waals surface area contributed by atoms with Crippen molar-refractivity contribution < 1.29 is 9.21 Å². The van der Waals surface area contributed by atoms with Crippen molar-refractivity contribution in [2.75, 3.05) is 11.4 Å². The molecule has 3 rings (SSSR count). The number of hydrogen-bond acceptors (Lipinski definition) is 2. The van der Waals surface area contributed by atoms with Crippen molar-refractivity contribution in [1.29, 1.82) is 0 Å². The maximum absolute atomic E-state index is 12.4. The Morgan fingerprint density at radius 1 is 1.32 bits per heavy atom. The van der Waals surface area contributed by atoms with Crippen LogP contribution in [0.3, 0.4) is 0 Å². The van der Waals surface area contributed by atoms with Gasteiger partial charge in [-0.3, -0.25) is 4.79 Å². The smallest absolute Gasteiger partial charge is 0.293 e. The minimum absolute atomic E-state index is 0.103. The molecule has 19 heavy (non-hydrogen) atoms. The number of carbonyl (C=O) groups excluding carboxylic acids is 1. The van der Waals surface area contributed by atoms with Gasteiger partial charge in [0.15, 0.2) is 5.76 Å². The highest BCUT2D eigenvalue weighted by Gasteiger charge is 2.27. The number of anilines is 1. The second-order valence-corrected chi connectivity index (χ2v) is 5.31. The fourth-order valence-corrected chi connectivity index (χ4v) is 2.48. The first-order valence-electron chi connectivity index (χ1n) is 6.30. The lowest BCUT2D eigenvalue weighted by molar-refractivity contribution is 0.0961. The molecule has 4 heteroatoms. The molecule has 0 radical (unpaired) electrons. The Hall–Kier alpha value is -1.74. The molecule has 0 saturated carbocycles. The van der Waals surface area contributed by atoms with Crippen molar-refractivity contribution in [2.45, 2.75) is 18.7 Å². The molecule has 0 bridgehead atoms. The number of nitrogens with zero attached hydrogens (tertiary/aromatic N) is 1. The summed E-state index contributed by atoms with van der Waals surface area (Å²) in [6.07, 6.45) is 0.890. The number of rotatable bonds is 2. The third kappa shape index (κ3) is 2.15. The molecule has 1 amide bonds. The third-order valence-corrected chi connectivity index (χ3v) is 3.58. The van der Waals surface area contributed by atoms with Crippen LogP contribution in [-0.4, -0.2) is 12.5 Å². The van der Waals surface area contributed by atoms with E-state index >= 15 is 0 Å². The number of carbonyl (C=O) groups is 1. The van der Waals surface area contributed by atoms with Crippen LogP contribution in [0, 0.1) is 0 Å². The van der Waals surface area contributed by atoms with Crippen molar-refractivity contribution in [3.05, 3.63) is 53.5 Å². The highest BCUT2D eigenvalue weighted by atomic mass is 35.5. The molecule has 0 aliphatic carbocycles. The average Bonchev–Trinajstić information content (AvgIpc) is 3.05. The van der Waals surface area contributed by atoms with Crippen LogP contribution in [0.5, 0.6) is 0 Å². The average molecular weight is 276 g/mol. The van der Waals surface area contributed by atoms with Crippen molar-refractivity contribution in [3.8, 4) is 0 Å². The number of amides is 1. The molecule has 0 fully saturated rings. The Kier molecular flexibility index (Phi) is 3.07. The summed E-state index contributed by atoms with van der Waals surface area (Å²) in [5.74, 6) is 0.866. The van der Waals surface area contributed by atoms with Gasteiger partial charge in [0.1, 0.15) is 5.76 Å². The molecular weight excluding hydrogens is 262 g/mol. The fraction of sp³-hybridized carbons (Fsp3) is 0.267. The number of hydrogen-bond donors (Lipinski definition) is 0. The van der Waals surface area contributed by atoms with Gasteiger partial charge in [-0.2, -0.15) is 0 Å². The van der Waals surface area contributed by atoms with Gasteiger partial charge in [0, 0.05) is 12.2 Å². The predicted octanol–water partition coefficient (Wildman–Crippen LogP) is 3.78. The monoisotopic (exact) mass is 275 g/mol. The summed E-state index contributed by atoms with van der Waals surface area (Å²) in [5.41, 5.74) is 2.18. The Labute approximate surface area is 116 Å². The van der Waals surface area contributed by atoms with E-state index in [1.807, 2.05) is 25.1 Å². The van der Waals surface area contributed by atoms with Crippen molar-refractivity contribution in [3.63, 3.8) is 0 Å². The molecule has 3 nitrogen and oxygen atoms in total. The predicted molar refractivity (Wildman–Crippen MR) is 74.8 cm³/mol. The number of halogens is 1. The van der Waals surface area contributed by atoms with E-state index in [2.05, 4.69) is 6.07 Å². The van der Waals surface area contributed by atoms with E-state index in [0.717, 1.165) is 12.1 Å². The largest absolute Gasteiger partial charge is 0.454 e. The lowest BCUT2D eigenvalue weighted by Crippen LogP contribution is -2.28. The van der Waals surface area contributed by atoms with Crippen LogP contribution in [0.25, 0.3) is 0 Å². The van der Waals surface area contributed by atoms with Crippen molar-refractivity contribution in [1.82, 2.24) is 0 Å². The van der Waals surface area contributed by atoms with Gasteiger partial charge in [-0.1, -0.05) is 18.2 Å². The highest BCUT2D eigenvalue weighted by molar-refractivity contribution is 6.20. The summed E-state index contributed by atoms with van der Waals surface area (Å²) in [4.78, 5) is 14.2. The first-order valence-corrected chi connectivity index (χ1v) is 6.74. The number of para-hydroxylation sites is 1. The first kappa shape index (κ1) is 12.3. The lowest BCUT2D eigenvalue weighted by Gasteiger charge is -2.15. The van der Waals surface area contributed by atoms with E-state index in [4.69, 9.17) is 16.0 Å². The molecule has 1 aromatic carbocycles. The Morgan fingerprint density at radius 3 is 2.84 bits per heavy atom. The van der Waals surface area contributed by atoms with Gasteiger partial charge in [-0.25, -0.2) is 0 Å². The zero-order chi connectivity index (χ0) is 13.4. The molecule has 1 unspecified atom stereocenters. The molecule has 98 valence electrons. The molecule has 0 spiro atoms. The van der Waals surface area contributed by atoms with E-state index in [1.165, 1.54) is 5.56 Å². The molecule has 0 saturated heterocycles. The zero-order valence-electron chi connectivity index (χ0n) is 10.6. The summed E-state index contributed by atoms with van der Waals surface area (Å²) in [6.45, 7) is 2.52. The summed E-state index contributed by atoms with van der Waals surface area (Å²) >= 11 is 5.94. The second kappa shape index (κ2) is 4.74. The Morgan fingerprint density at radius 2 is 2.11 bits per heavy atom. The van der Waals surface area contributed by atoms with Crippen LogP contribution in [0.1, 0.15) is 34.2 Å². The summed E-state index contributed by atoms with van der Waals surface area (Å²) in [7, 11) is 0. The van der Waals surface area contributed by atoms with Gasteiger partial charge in [-0.05, 0) is 37.1 Å². The van der Waals surface area contributed by atoms with Crippen LogP contribution in [0.4, 0.5) is 5.69 Å². The maximum Gasteiger partial charge on any atom is 0.293 e. The highest BCUT2D eigenvalue weighted by Crippen LogP contribution is 2.30. The van der Waals surface area contributed by atoms with E-state index in [1.54, 1.807) is 17.0 Å². The number of alkyl halides is 1. The van der Waals surface area contributed by atoms with E-state index in [9.17, 15) is 4.79 Å². The number of fused-ring (bicyclic) bond motifs is 1. The van der Waals surface area contributed by atoms with Gasteiger partial charge in [0.05, 0.1) is 5.38 Å². The Bertz CT molecular complexity index is 618. The molecule has 1 aromatic heterocycles. The standard InChI is InChI=1S/C15H14ClNO2/c1-10(16)13-6-7-14(19-13)15(18)17-9-8-11-4-2-3-5-12(11)17/h2-7,10H,8-9H2,1H3. The molecule has 1 aliphatic rings. The molecule has 2 heterocycles. The van der Waals surface area contributed by atoms with Crippen LogP contribution in [-0.2, 0) is 6.42 Å². The number of furan rings is 1. The second-order valence-electron chi connectivity index (χ2n) is 4.65.